The molecule has 0 radical (unpaired) electrons. The van der Waals surface area contributed by atoms with Crippen LogP contribution >= 0.6 is 11.8 Å². The number of esters is 2. The third-order valence-electron chi connectivity index (χ3n) is 4.10. The first-order valence-corrected chi connectivity index (χ1v) is 11.5. The largest absolute Gasteiger partial charge is 0.465 e. The first kappa shape index (κ1) is 32.8. The van der Waals surface area contributed by atoms with Gasteiger partial charge in [0.05, 0.1) is 13.2 Å². The Bertz CT molecular complexity index is 854. The normalized spacial score (nSPS) is 17.2. The Hall–Kier alpha value is -3.25. The number of hydrogen-bond donors (Lipinski definition) is 3. The van der Waals surface area contributed by atoms with Gasteiger partial charge in [0.2, 0.25) is 12.6 Å². The summed E-state index contributed by atoms with van der Waals surface area (Å²) < 4.78 is 14.1. The Morgan fingerprint density at radius 2 is 1.44 bits per heavy atom. The summed E-state index contributed by atoms with van der Waals surface area (Å²) in [5.41, 5.74) is 4.40. The second-order valence-electron chi connectivity index (χ2n) is 6.29. The summed E-state index contributed by atoms with van der Waals surface area (Å²) in [5, 5.41) is 9.44. The van der Waals surface area contributed by atoms with Crippen molar-refractivity contribution in [3.63, 3.8) is 0 Å². The van der Waals surface area contributed by atoms with E-state index >= 15 is 0 Å². The average Bonchev–Trinajstić information content (AvgIpc) is 3.66. The van der Waals surface area contributed by atoms with E-state index in [9.17, 15) is 43.5 Å². The van der Waals surface area contributed by atoms with E-state index in [4.69, 9.17) is 9.47 Å². The lowest BCUT2D eigenvalue weighted by Crippen LogP contribution is -2.53. The maximum absolute atomic E-state index is 11.8. The van der Waals surface area contributed by atoms with Crippen LogP contribution in [0, 0.1) is 0 Å². The van der Waals surface area contributed by atoms with Crippen molar-refractivity contribution in [2.45, 2.75) is 37.4 Å². The summed E-state index contributed by atoms with van der Waals surface area (Å²) >= 11 is 0.902. The van der Waals surface area contributed by atoms with E-state index in [1.807, 2.05) is 0 Å². The van der Waals surface area contributed by atoms with E-state index in [1.165, 1.54) is 20.4 Å². The molecule has 1 heterocycles. The Morgan fingerprint density at radius 1 is 0.944 bits per heavy atom. The zero-order chi connectivity index (χ0) is 28.0. The Kier molecular flexibility index (Phi) is 14.9. The molecule has 0 bridgehead atoms. The molecule has 16 nitrogen and oxygen atoms in total. The van der Waals surface area contributed by atoms with Gasteiger partial charge in [-0.1, -0.05) is 0 Å². The maximum atomic E-state index is 11.8. The van der Waals surface area contributed by atoms with Crippen molar-refractivity contribution in [3.05, 3.63) is 0 Å². The number of imide groups is 2. The van der Waals surface area contributed by atoms with Crippen LogP contribution < -0.4 is 10.9 Å². The van der Waals surface area contributed by atoms with E-state index in [2.05, 4.69) is 15.6 Å². The van der Waals surface area contributed by atoms with Gasteiger partial charge in [0.1, 0.15) is 5.25 Å². The molecule has 4 unspecified atom stereocenters. The van der Waals surface area contributed by atoms with Gasteiger partial charge < -0.3 is 19.3 Å². The molecule has 1 rings (SSSR count). The van der Waals surface area contributed by atoms with Gasteiger partial charge in [-0.2, -0.15) is 0 Å². The molecule has 1 aliphatic rings. The standard InChI is InChI=1S/C10H16N2O6S.C9H12N2O6/c1-4-18-10(17)8(19-3)7(15)9(16)12(11-2)6(14)5-13;1-3-16-9(15)7-6(17-7)8(14)11(10-2)5(13)4-12/h5,7-8,11,15H,4H2,1-3H3;4,6-7,10H,3H2,1-2H3. The third-order valence-corrected chi connectivity index (χ3v) is 5.06. The van der Waals surface area contributed by atoms with Crippen LogP contribution in [0.25, 0.3) is 0 Å². The fourth-order valence-corrected chi connectivity index (χ4v) is 3.07. The van der Waals surface area contributed by atoms with E-state index in [-0.39, 0.29) is 25.8 Å². The molecule has 0 aliphatic carbocycles. The maximum Gasteiger partial charge on any atom is 0.338 e. The summed E-state index contributed by atoms with van der Waals surface area (Å²) in [6, 6.07) is 0. The quantitative estimate of drug-likeness (QED) is 0.0719. The molecule has 36 heavy (non-hydrogen) atoms. The second kappa shape index (κ2) is 16.4. The molecule has 4 atom stereocenters. The topological polar surface area (TPSA) is 218 Å². The van der Waals surface area contributed by atoms with Gasteiger partial charge >= 0.3 is 23.8 Å². The molecular formula is C19H28N4O12S. The summed E-state index contributed by atoms with van der Waals surface area (Å²) in [7, 11) is 2.52. The Morgan fingerprint density at radius 3 is 1.86 bits per heavy atom. The van der Waals surface area contributed by atoms with Crippen LogP contribution in [0.2, 0.25) is 0 Å². The Labute approximate surface area is 209 Å². The molecule has 4 amide bonds. The molecule has 1 saturated heterocycles. The highest BCUT2D eigenvalue weighted by molar-refractivity contribution is 8.00. The summed E-state index contributed by atoms with van der Waals surface area (Å²) in [6.07, 6.45) is -2.48. The number of aliphatic hydroxyl groups excluding tert-OH is 1. The first-order chi connectivity index (χ1) is 17.0. The number of epoxide rings is 1. The van der Waals surface area contributed by atoms with Crippen molar-refractivity contribution in [1.29, 1.82) is 0 Å². The highest BCUT2D eigenvalue weighted by Gasteiger charge is 2.53. The van der Waals surface area contributed by atoms with Crippen LogP contribution in [0.15, 0.2) is 0 Å². The number of nitrogens with zero attached hydrogens (tertiary/aromatic N) is 2. The van der Waals surface area contributed by atoms with E-state index in [0.717, 1.165) is 11.8 Å². The summed E-state index contributed by atoms with van der Waals surface area (Å²) in [4.78, 5) is 88.9. The fourth-order valence-electron chi connectivity index (χ4n) is 2.43. The van der Waals surface area contributed by atoms with E-state index in [0.29, 0.717) is 10.0 Å². The Balaban J connectivity index is 0.000000684. The zero-order valence-electron chi connectivity index (χ0n) is 20.1. The average molecular weight is 537 g/mol. The number of amides is 4. The van der Waals surface area contributed by atoms with Crippen LogP contribution in [0.4, 0.5) is 0 Å². The number of hydrogen-bond acceptors (Lipinski definition) is 15. The van der Waals surface area contributed by atoms with Gasteiger partial charge in [-0.15, -0.1) is 11.8 Å². The minimum Gasteiger partial charge on any atom is -0.465 e. The number of carbonyl (C=O) groups is 8. The van der Waals surface area contributed by atoms with Gasteiger partial charge in [0, 0.05) is 14.1 Å². The molecule has 17 heteroatoms. The first-order valence-electron chi connectivity index (χ1n) is 10.2. The van der Waals surface area contributed by atoms with Crippen molar-refractivity contribution in [1.82, 2.24) is 20.9 Å². The molecule has 1 aliphatic heterocycles. The van der Waals surface area contributed by atoms with Crippen LogP contribution in [0.5, 0.6) is 0 Å². The number of aliphatic hydroxyl groups is 1. The van der Waals surface area contributed by atoms with Crippen LogP contribution in [0.1, 0.15) is 13.8 Å². The molecule has 0 aromatic heterocycles. The number of carbonyl (C=O) groups excluding carboxylic acids is 8. The SMILES string of the molecule is CCOC(=O)C(SC)C(O)C(=O)N(NC)C(=O)C=O.CCOC(=O)C1OC1C(=O)N(NC)C(=O)C=O. The van der Waals surface area contributed by atoms with Crippen molar-refractivity contribution < 1.29 is 57.7 Å². The van der Waals surface area contributed by atoms with Crippen molar-refractivity contribution in [2.24, 2.45) is 0 Å². The van der Waals surface area contributed by atoms with Gasteiger partial charge in [0.15, 0.2) is 18.3 Å². The van der Waals surface area contributed by atoms with Crippen LogP contribution in [0.3, 0.4) is 0 Å². The molecule has 0 saturated carbocycles. The molecule has 0 aromatic carbocycles. The number of thioether (sulfide) groups is 1. The molecular weight excluding hydrogens is 508 g/mol. The van der Waals surface area contributed by atoms with Crippen molar-refractivity contribution >= 4 is 59.9 Å². The molecule has 0 spiro atoms. The number of aldehydes is 2. The van der Waals surface area contributed by atoms with Gasteiger partial charge in [-0.3, -0.25) is 33.6 Å². The predicted octanol–water partition coefficient (Wildman–Crippen LogP) is -3.66. The molecule has 3 N–H and O–H groups in total. The smallest absolute Gasteiger partial charge is 0.338 e. The minimum atomic E-state index is -1.80. The predicted molar refractivity (Wildman–Crippen MR) is 119 cm³/mol. The lowest BCUT2D eigenvalue weighted by molar-refractivity contribution is -0.159. The molecule has 202 valence electrons. The molecule has 0 aromatic rings. The number of hydrazine groups is 2. The number of rotatable bonds is 12. The van der Waals surface area contributed by atoms with Crippen molar-refractivity contribution in [2.75, 3.05) is 33.6 Å². The van der Waals surface area contributed by atoms with Gasteiger partial charge in [0.25, 0.3) is 11.8 Å². The second-order valence-corrected chi connectivity index (χ2v) is 7.27. The monoisotopic (exact) mass is 536 g/mol. The highest BCUT2D eigenvalue weighted by Crippen LogP contribution is 2.25. The fraction of sp³-hybridized carbons (Fsp3) is 0.579. The number of ether oxygens (including phenoxy) is 3. The zero-order valence-corrected chi connectivity index (χ0v) is 20.9. The number of nitrogens with one attached hydrogen (secondary N) is 2. The van der Waals surface area contributed by atoms with E-state index < -0.39 is 59.1 Å². The van der Waals surface area contributed by atoms with Crippen molar-refractivity contribution in [3.8, 4) is 0 Å². The van der Waals surface area contributed by atoms with Crippen LogP contribution in [-0.2, 0) is 52.6 Å². The lowest BCUT2D eigenvalue weighted by atomic mass is 10.2. The minimum absolute atomic E-state index is 0.0177. The van der Waals surface area contributed by atoms with E-state index in [1.54, 1.807) is 13.8 Å². The third kappa shape index (κ3) is 9.08. The molecule has 1 fully saturated rings. The van der Waals surface area contributed by atoms with Crippen LogP contribution in [-0.4, -0.2) is 120 Å². The summed E-state index contributed by atoms with van der Waals surface area (Å²) in [6.45, 7) is 3.47. The lowest BCUT2D eigenvalue weighted by Gasteiger charge is -2.23. The highest BCUT2D eigenvalue weighted by atomic mass is 32.2. The van der Waals surface area contributed by atoms with Gasteiger partial charge in [-0.25, -0.2) is 25.7 Å². The summed E-state index contributed by atoms with van der Waals surface area (Å²) in [5.74, 6) is -5.58. The van der Waals surface area contributed by atoms with Gasteiger partial charge in [-0.05, 0) is 20.1 Å².